The molecule has 9 nitrogen and oxygen atoms in total. The standard InChI is InChI=1S/C10H15N5O4/c1-15-5-6(4-12-15)13-10(19)14-7(9(17)18)2-3-8(11)16/h4-5,7H,2-3H2,1H3,(H2,11,16)(H,17,18)(H2,13,14,19)/t7-/m1/s1. The summed E-state index contributed by atoms with van der Waals surface area (Å²) in [4.78, 5) is 33.0. The first-order chi connectivity index (χ1) is 8.88. The highest BCUT2D eigenvalue weighted by Gasteiger charge is 2.20. The monoisotopic (exact) mass is 269 g/mol. The van der Waals surface area contributed by atoms with Gasteiger partial charge in [-0.3, -0.25) is 9.48 Å². The number of carboxylic acid groups (broad SMARTS) is 1. The number of carbonyl (C=O) groups excluding carboxylic acids is 2. The minimum atomic E-state index is -1.23. The Hall–Kier alpha value is -2.58. The molecule has 0 saturated carbocycles. The summed E-state index contributed by atoms with van der Waals surface area (Å²) >= 11 is 0. The van der Waals surface area contributed by atoms with Crippen molar-refractivity contribution in [3.8, 4) is 0 Å². The molecule has 9 heteroatoms. The highest BCUT2D eigenvalue weighted by atomic mass is 16.4. The molecule has 1 heterocycles. The van der Waals surface area contributed by atoms with Crippen molar-refractivity contribution in [1.29, 1.82) is 0 Å². The van der Waals surface area contributed by atoms with Gasteiger partial charge in [0.25, 0.3) is 0 Å². The van der Waals surface area contributed by atoms with E-state index in [0.717, 1.165) is 0 Å². The van der Waals surface area contributed by atoms with Crippen molar-refractivity contribution in [2.45, 2.75) is 18.9 Å². The van der Waals surface area contributed by atoms with Crippen LogP contribution in [0.4, 0.5) is 10.5 Å². The number of rotatable bonds is 6. The molecule has 5 N–H and O–H groups in total. The van der Waals surface area contributed by atoms with Crippen LogP contribution in [0.2, 0.25) is 0 Å². The Morgan fingerprint density at radius 1 is 1.53 bits per heavy atom. The van der Waals surface area contributed by atoms with Crippen molar-refractivity contribution in [2.75, 3.05) is 5.32 Å². The minimum Gasteiger partial charge on any atom is -0.480 e. The second-order valence-corrected chi connectivity index (χ2v) is 3.90. The Morgan fingerprint density at radius 3 is 2.68 bits per heavy atom. The van der Waals surface area contributed by atoms with Gasteiger partial charge in [0.15, 0.2) is 0 Å². The van der Waals surface area contributed by atoms with Crippen LogP contribution in [0.15, 0.2) is 12.4 Å². The van der Waals surface area contributed by atoms with E-state index in [0.29, 0.717) is 5.69 Å². The van der Waals surface area contributed by atoms with Crippen LogP contribution in [0.3, 0.4) is 0 Å². The van der Waals surface area contributed by atoms with Crippen molar-refractivity contribution in [1.82, 2.24) is 15.1 Å². The number of carbonyl (C=O) groups is 3. The topological polar surface area (TPSA) is 139 Å². The molecule has 0 bridgehead atoms. The van der Waals surface area contributed by atoms with E-state index in [1.54, 1.807) is 13.2 Å². The second kappa shape index (κ2) is 6.38. The van der Waals surface area contributed by atoms with E-state index in [1.165, 1.54) is 10.9 Å². The maximum absolute atomic E-state index is 11.5. The Bertz CT molecular complexity index is 484. The summed E-state index contributed by atoms with van der Waals surface area (Å²) in [5, 5.41) is 17.4. The van der Waals surface area contributed by atoms with Gasteiger partial charge in [0.05, 0.1) is 11.9 Å². The molecule has 1 atom stereocenters. The predicted octanol–water partition coefficient (Wildman–Crippen LogP) is -0.740. The lowest BCUT2D eigenvalue weighted by molar-refractivity contribution is -0.139. The fourth-order valence-electron chi connectivity index (χ4n) is 1.36. The maximum Gasteiger partial charge on any atom is 0.326 e. The lowest BCUT2D eigenvalue weighted by Gasteiger charge is -2.13. The summed E-state index contributed by atoms with van der Waals surface area (Å²) in [5.41, 5.74) is 5.36. The van der Waals surface area contributed by atoms with Gasteiger partial charge in [-0.2, -0.15) is 5.10 Å². The Morgan fingerprint density at radius 2 is 2.21 bits per heavy atom. The fourth-order valence-corrected chi connectivity index (χ4v) is 1.36. The second-order valence-electron chi connectivity index (χ2n) is 3.90. The predicted molar refractivity (Wildman–Crippen MR) is 65.2 cm³/mol. The first kappa shape index (κ1) is 14.5. The van der Waals surface area contributed by atoms with E-state index in [2.05, 4.69) is 15.7 Å². The largest absolute Gasteiger partial charge is 0.480 e. The van der Waals surface area contributed by atoms with Crippen molar-refractivity contribution in [2.24, 2.45) is 12.8 Å². The fraction of sp³-hybridized carbons (Fsp3) is 0.400. The van der Waals surface area contributed by atoms with Crippen LogP contribution < -0.4 is 16.4 Å². The van der Waals surface area contributed by atoms with Crippen LogP contribution in [0.5, 0.6) is 0 Å². The number of aromatic nitrogens is 2. The molecule has 0 aliphatic carbocycles. The molecule has 0 aliphatic heterocycles. The molecule has 104 valence electrons. The molecule has 0 unspecified atom stereocenters. The van der Waals surface area contributed by atoms with Gasteiger partial charge in [-0.1, -0.05) is 0 Å². The number of amides is 3. The third kappa shape index (κ3) is 5.06. The van der Waals surface area contributed by atoms with Crippen LogP contribution in [0, 0.1) is 0 Å². The normalized spacial score (nSPS) is 11.6. The van der Waals surface area contributed by atoms with Crippen LogP contribution in [0.1, 0.15) is 12.8 Å². The number of carboxylic acids is 1. The molecule has 0 aromatic carbocycles. The third-order valence-electron chi connectivity index (χ3n) is 2.25. The highest BCUT2D eigenvalue weighted by molar-refractivity contribution is 5.92. The summed E-state index contributed by atoms with van der Waals surface area (Å²) in [7, 11) is 1.68. The molecule has 1 rings (SSSR count). The molecular formula is C10H15N5O4. The Kier molecular flexibility index (Phi) is 4.86. The number of nitrogens with one attached hydrogen (secondary N) is 2. The van der Waals surface area contributed by atoms with Crippen LogP contribution >= 0.6 is 0 Å². The van der Waals surface area contributed by atoms with Crippen molar-refractivity contribution in [3.63, 3.8) is 0 Å². The van der Waals surface area contributed by atoms with E-state index in [-0.39, 0.29) is 12.8 Å². The molecule has 0 aliphatic rings. The molecule has 1 aromatic heterocycles. The molecule has 3 amide bonds. The van der Waals surface area contributed by atoms with E-state index in [4.69, 9.17) is 10.8 Å². The van der Waals surface area contributed by atoms with Gasteiger partial charge >= 0.3 is 12.0 Å². The first-order valence-electron chi connectivity index (χ1n) is 5.45. The summed E-state index contributed by atoms with van der Waals surface area (Å²) in [6, 6.07) is -1.87. The van der Waals surface area contributed by atoms with Crippen LogP contribution in [-0.4, -0.2) is 38.8 Å². The summed E-state index contributed by atoms with van der Waals surface area (Å²) in [6.07, 6.45) is 2.78. The summed E-state index contributed by atoms with van der Waals surface area (Å²) in [5.74, 6) is -1.86. The third-order valence-corrected chi connectivity index (χ3v) is 2.25. The van der Waals surface area contributed by atoms with Crippen molar-refractivity contribution in [3.05, 3.63) is 12.4 Å². The van der Waals surface area contributed by atoms with E-state index < -0.39 is 23.9 Å². The van der Waals surface area contributed by atoms with Gasteiger partial charge in [-0.25, -0.2) is 9.59 Å². The smallest absolute Gasteiger partial charge is 0.326 e. The van der Waals surface area contributed by atoms with Crippen LogP contribution in [-0.2, 0) is 16.6 Å². The zero-order chi connectivity index (χ0) is 14.4. The highest BCUT2D eigenvalue weighted by Crippen LogP contribution is 2.04. The zero-order valence-electron chi connectivity index (χ0n) is 10.3. The van der Waals surface area contributed by atoms with E-state index in [1.807, 2.05) is 0 Å². The molecular weight excluding hydrogens is 254 g/mol. The quantitative estimate of drug-likeness (QED) is 0.538. The maximum atomic E-state index is 11.5. The van der Waals surface area contributed by atoms with Gasteiger partial charge in [0.1, 0.15) is 6.04 Å². The number of nitrogens with two attached hydrogens (primary N) is 1. The molecule has 0 spiro atoms. The number of nitrogens with zero attached hydrogens (tertiary/aromatic N) is 2. The van der Waals surface area contributed by atoms with Gasteiger partial charge in [0, 0.05) is 19.7 Å². The van der Waals surface area contributed by atoms with E-state index in [9.17, 15) is 14.4 Å². The zero-order valence-corrected chi connectivity index (χ0v) is 10.3. The number of primary amides is 1. The molecule has 0 saturated heterocycles. The number of aryl methyl sites for hydroxylation is 1. The number of hydrogen-bond acceptors (Lipinski definition) is 4. The Labute approximate surface area is 108 Å². The van der Waals surface area contributed by atoms with Gasteiger partial charge < -0.3 is 21.5 Å². The molecule has 0 fully saturated rings. The summed E-state index contributed by atoms with van der Waals surface area (Å²) in [6.45, 7) is 0. The number of aliphatic carboxylic acids is 1. The molecule has 19 heavy (non-hydrogen) atoms. The average molecular weight is 269 g/mol. The van der Waals surface area contributed by atoms with E-state index >= 15 is 0 Å². The Balaban J connectivity index is 2.51. The first-order valence-corrected chi connectivity index (χ1v) is 5.45. The average Bonchev–Trinajstić information content (AvgIpc) is 2.69. The van der Waals surface area contributed by atoms with Crippen molar-refractivity contribution >= 4 is 23.6 Å². The number of hydrogen-bond donors (Lipinski definition) is 4. The van der Waals surface area contributed by atoms with Crippen LogP contribution in [0.25, 0.3) is 0 Å². The minimum absolute atomic E-state index is 0.0644. The number of urea groups is 1. The van der Waals surface area contributed by atoms with Gasteiger partial charge in [0.2, 0.25) is 5.91 Å². The lowest BCUT2D eigenvalue weighted by Crippen LogP contribution is -2.43. The molecule has 1 aromatic rings. The summed E-state index contributed by atoms with van der Waals surface area (Å²) < 4.78 is 1.48. The van der Waals surface area contributed by atoms with Gasteiger partial charge in [-0.15, -0.1) is 0 Å². The molecule has 0 radical (unpaired) electrons. The van der Waals surface area contributed by atoms with Crippen molar-refractivity contribution < 1.29 is 19.5 Å². The number of anilines is 1. The van der Waals surface area contributed by atoms with Gasteiger partial charge in [-0.05, 0) is 6.42 Å². The lowest BCUT2D eigenvalue weighted by atomic mass is 10.1. The SMILES string of the molecule is Cn1cc(NC(=O)N[C@H](CCC(N)=O)C(=O)O)cn1.